The van der Waals surface area contributed by atoms with Crippen molar-refractivity contribution >= 4 is 11.9 Å². The second-order valence-corrected chi connectivity index (χ2v) is 11.5. The highest BCUT2D eigenvalue weighted by Crippen LogP contribution is 2.11. The highest BCUT2D eigenvalue weighted by Gasteiger charge is 1.97. The van der Waals surface area contributed by atoms with Gasteiger partial charge in [0.05, 0.1) is 0 Å². The molecule has 0 bridgehead atoms. The van der Waals surface area contributed by atoms with Gasteiger partial charge in [0.25, 0.3) is 0 Å². The van der Waals surface area contributed by atoms with Gasteiger partial charge >= 0.3 is 11.9 Å². The third kappa shape index (κ3) is 44.9. The van der Waals surface area contributed by atoms with Crippen molar-refractivity contribution in [3.8, 4) is 0 Å². The van der Waals surface area contributed by atoms with Crippen molar-refractivity contribution in [2.45, 2.75) is 181 Å². The predicted octanol–water partition coefficient (Wildman–Crippen LogP) is 12.5. The van der Waals surface area contributed by atoms with E-state index in [1.165, 1.54) is 109 Å². The van der Waals surface area contributed by atoms with Crippen LogP contribution in [0.3, 0.4) is 0 Å². The van der Waals surface area contributed by atoms with Gasteiger partial charge in [-0.2, -0.15) is 0 Å². The lowest BCUT2D eigenvalue weighted by molar-refractivity contribution is -0.138. The van der Waals surface area contributed by atoms with Crippen LogP contribution in [0.5, 0.6) is 0 Å². The fourth-order valence-electron chi connectivity index (χ4n) is 4.53. The second-order valence-electron chi connectivity index (χ2n) is 11.5. The van der Waals surface area contributed by atoms with Crippen molar-refractivity contribution in [2.24, 2.45) is 0 Å². The van der Waals surface area contributed by atoms with E-state index in [1.54, 1.807) is 0 Å². The SMILES string of the molecule is CCCCC/C=C\C/C=C\CCCCCCCC(=O)O.CCCCC/C=C\C/C=C\CCCCCCCCCC(=O)O. The van der Waals surface area contributed by atoms with E-state index in [2.05, 4.69) is 62.5 Å². The molecular weight excluding hydrogens is 520 g/mol. The molecule has 0 aromatic rings. The van der Waals surface area contributed by atoms with E-state index in [9.17, 15) is 9.59 Å². The molecular formula is C38H68O4. The minimum Gasteiger partial charge on any atom is -0.481 e. The van der Waals surface area contributed by atoms with Crippen LogP contribution in [0.1, 0.15) is 181 Å². The van der Waals surface area contributed by atoms with Crippen LogP contribution in [-0.2, 0) is 9.59 Å². The van der Waals surface area contributed by atoms with Crippen LogP contribution in [0.15, 0.2) is 48.6 Å². The van der Waals surface area contributed by atoms with Gasteiger partial charge in [0.1, 0.15) is 0 Å². The Balaban J connectivity index is 0. The van der Waals surface area contributed by atoms with Crippen molar-refractivity contribution in [2.75, 3.05) is 0 Å². The molecule has 42 heavy (non-hydrogen) atoms. The molecule has 0 aliphatic carbocycles. The Morgan fingerprint density at radius 2 is 0.643 bits per heavy atom. The van der Waals surface area contributed by atoms with Gasteiger partial charge in [0, 0.05) is 12.8 Å². The highest BCUT2D eigenvalue weighted by atomic mass is 16.4. The molecule has 4 heteroatoms. The van der Waals surface area contributed by atoms with Crippen LogP contribution >= 0.6 is 0 Å². The van der Waals surface area contributed by atoms with Crippen molar-refractivity contribution < 1.29 is 19.8 Å². The number of rotatable bonds is 30. The van der Waals surface area contributed by atoms with Crippen molar-refractivity contribution in [3.05, 3.63) is 48.6 Å². The first-order chi connectivity index (χ1) is 20.5. The molecule has 0 aromatic carbocycles. The first-order valence-corrected chi connectivity index (χ1v) is 17.6. The topological polar surface area (TPSA) is 74.6 Å². The van der Waals surface area contributed by atoms with Crippen LogP contribution < -0.4 is 0 Å². The number of aliphatic carboxylic acids is 2. The number of carboxylic acids is 2. The molecule has 0 radical (unpaired) electrons. The molecule has 0 spiro atoms. The molecule has 0 aromatic heterocycles. The van der Waals surface area contributed by atoms with E-state index in [1.807, 2.05) is 0 Å². The monoisotopic (exact) mass is 589 g/mol. The predicted molar refractivity (Wildman–Crippen MR) is 183 cm³/mol. The molecule has 0 aliphatic heterocycles. The molecule has 0 aliphatic rings. The van der Waals surface area contributed by atoms with Gasteiger partial charge in [-0.1, -0.05) is 140 Å². The molecule has 0 fully saturated rings. The van der Waals surface area contributed by atoms with E-state index >= 15 is 0 Å². The molecule has 0 rings (SSSR count). The van der Waals surface area contributed by atoms with Crippen LogP contribution in [0.2, 0.25) is 0 Å². The Morgan fingerprint density at radius 1 is 0.381 bits per heavy atom. The smallest absolute Gasteiger partial charge is 0.303 e. The van der Waals surface area contributed by atoms with Gasteiger partial charge in [-0.05, 0) is 77.0 Å². The maximum absolute atomic E-state index is 10.3. The number of carboxylic acid groups (broad SMARTS) is 2. The molecule has 0 atom stereocenters. The lowest BCUT2D eigenvalue weighted by Crippen LogP contribution is -1.93. The van der Waals surface area contributed by atoms with E-state index in [-0.39, 0.29) is 0 Å². The van der Waals surface area contributed by atoms with Gasteiger partial charge in [-0.25, -0.2) is 0 Å². The Kier molecular flexibility index (Phi) is 38.9. The second kappa shape index (κ2) is 38.9. The summed E-state index contributed by atoms with van der Waals surface area (Å²) in [5.74, 6) is -1.33. The van der Waals surface area contributed by atoms with Gasteiger partial charge < -0.3 is 10.2 Å². The minimum absolute atomic E-state index is 0.324. The summed E-state index contributed by atoms with van der Waals surface area (Å²) in [5.41, 5.74) is 0. The number of unbranched alkanes of at least 4 members (excludes halogenated alkanes) is 18. The summed E-state index contributed by atoms with van der Waals surface area (Å²) in [6, 6.07) is 0. The standard InChI is InChI=1S/C20H36O2.C18H32O2/c1-2-3-4-5-6-7-8-9-10-11-12-13-14-15-16-17-18-19-20(21)22;1-2-3-4-5-6-7-8-9-10-11-12-13-14-15-16-17-18(19)20/h6-7,9-10H,2-5,8,11-19H2,1H3,(H,21,22);6-7,9-10H,2-5,8,11-17H2,1H3,(H,19,20)/b2*7-6-,10-9-. The average molecular weight is 589 g/mol. The Bertz CT molecular complexity index is 675. The van der Waals surface area contributed by atoms with Crippen LogP contribution in [0.4, 0.5) is 0 Å². The normalized spacial score (nSPS) is 11.7. The highest BCUT2D eigenvalue weighted by molar-refractivity contribution is 5.66. The third-order valence-corrected chi connectivity index (χ3v) is 7.18. The zero-order chi connectivity index (χ0) is 31.2. The number of carbonyl (C=O) groups is 2. The van der Waals surface area contributed by atoms with E-state index < -0.39 is 11.9 Å². The molecule has 0 saturated carbocycles. The van der Waals surface area contributed by atoms with Gasteiger partial charge in [-0.3, -0.25) is 9.59 Å². The third-order valence-electron chi connectivity index (χ3n) is 7.18. The van der Waals surface area contributed by atoms with Crippen molar-refractivity contribution in [3.63, 3.8) is 0 Å². The van der Waals surface area contributed by atoms with Crippen LogP contribution in [-0.4, -0.2) is 22.2 Å². The Morgan fingerprint density at radius 3 is 0.929 bits per heavy atom. The lowest BCUT2D eigenvalue weighted by atomic mass is 10.1. The number of allylic oxidation sites excluding steroid dienone is 8. The van der Waals surface area contributed by atoms with Crippen molar-refractivity contribution in [1.82, 2.24) is 0 Å². The molecule has 0 unspecified atom stereocenters. The summed E-state index contributed by atoms with van der Waals surface area (Å²) >= 11 is 0. The molecule has 4 nitrogen and oxygen atoms in total. The van der Waals surface area contributed by atoms with Crippen LogP contribution in [0.25, 0.3) is 0 Å². The zero-order valence-electron chi connectivity index (χ0n) is 27.7. The first-order valence-electron chi connectivity index (χ1n) is 17.6. The first kappa shape index (κ1) is 42.0. The summed E-state index contributed by atoms with van der Waals surface area (Å²) in [5, 5.41) is 17.0. The Hall–Kier alpha value is -2.10. The molecule has 0 amide bonds. The maximum atomic E-state index is 10.3. The summed E-state index contributed by atoms with van der Waals surface area (Å²) in [6.07, 6.45) is 47.5. The quantitative estimate of drug-likeness (QED) is 0.0646. The van der Waals surface area contributed by atoms with Gasteiger partial charge in [-0.15, -0.1) is 0 Å². The van der Waals surface area contributed by atoms with E-state index in [0.717, 1.165) is 44.9 Å². The van der Waals surface area contributed by atoms with Crippen LogP contribution in [0, 0.1) is 0 Å². The Labute approximate surface area is 260 Å². The van der Waals surface area contributed by atoms with Gasteiger partial charge in [0.2, 0.25) is 0 Å². The molecule has 0 saturated heterocycles. The van der Waals surface area contributed by atoms with Gasteiger partial charge in [0.15, 0.2) is 0 Å². The number of hydrogen-bond acceptors (Lipinski definition) is 2. The van der Waals surface area contributed by atoms with E-state index in [4.69, 9.17) is 10.2 Å². The van der Waals surface area contributed by atoms with E-state index in [0.29, 0.717) is 12.8 Å². The zero-order valence-corrected chi connectivity index (χ0v) is 27.7. The molecule has 244 valence electrons. The number of hydrogen-bond donors (Lipinski definition) is 2. The maximum Gasteiger partial charge on any atom is 0.303 e. The largest absolute Gasteiger partial charge is 0.481 e. The summed E-state index contributed by atoms with van der Waals surface area (Å²) in [4.78, 5) is 20.7. The fourth-order valence-corrected chi connectivity index (χ4v) is 4.53. The molecule has 2 N–H and O–H groups in total. The minimum atomic E-state index is -0.671. The summed E-state index contributed by atoms with van der Waals surface area (Å²) in [6.45, 7) is 4.48. The summed E-state index contributed by atoms with van der Waals surface area (Å²) < 4.78 is 0. The lowest BCUT2D eigenvalue weighted by Gasteiger charge is -2.00. The summed E-state index contributed by atoms with van der Waals surface area (Å²) in [7, 11) is 0. The van der Waals surface area contributed by atoms with Crippen molar-refractivity contribution in [1.29, 1.82) is 0 Å². The average Bonchev–Trinajstić information content (AvgIpc) is 2.97. The molecule has 0 heterocycles. The fraction of sp³-hybridized carbons (Fsp3) is 0.737.